The molecular formula is C24H34FN9O4. The summed E-state index contributed by atoms with van der Waals surface area (Å²) < 4.78 is 23.7. The highest BCUT2D eigenvalue weighted by Gasteiger charge is 2.28. The molecule has 0 saturated carbocycles. The number of aromatic nitrogens is 4. The molecule has 14 heteroatoms. The Morgan fingerprint density at radius 1 is 1.13 bits per heavy atom. The van der Waals surface area contributed by atoms with Crippen LogP contribution in [-0.4, -0.2) is 107 Å². The van der Waals surface area contributed by atoms with Crippen LogP contribution < -0.4 is 20.3 Å². The molecular weight excluding hydrogens is 497 g/mol. The summed E-state index contributed by atoms with van der Waals surface area (Å²) in [5, 5.41) is 5.37. The van der Waals surface area contributed by atoms with Gasteiger partial charge in [0.1, 0.15) is 18.6 Å². The van der Waals surface area contributed by atoms with Crippen molar-refractivity contribution in [2.24, 2.45) is 0 Å². The quantitative estimate of drug-likeness (QED) is 0.496. The van der Waals surface area contributed by atoms with Crippen LogP contribution in [0.4, 0.5) is 31.6 Å². The summed E-state index contributed by atoms with van der Waals surface area (Å²) in [5.74, 6) is 1.49. The van der Waals surface area contributed by atoms with Crippen LogP contribution in [-0.2, 0) is 4.74 Å². The van der Waals surface area contributed by atoms with Crippen LogP contribution in [0.5, 0.6) is 5.88 Å². The van der Waals surface area contributed by atoms with Gasteiger partial charge in [-0.05, 0) is 32.3 Å². The number of hydrogen-bond donors (Lipinski definition) is 2. The molecule has 2 aromatic rings. The van der Waals surface area contributed by atoms with Gasteiger partial charge in [0.25, 0.3) is 0 Å². The van der Waals surface area contributed by atoms with E-state index in [2.05, 4.69) is 30.6 Å². The number of alkyl halides is 1. The second kappa shape index (κ2) is 13.1. The molecule has 2 aliphatic heterocycles. The van der Waals surface area contributed by atoms with E-state index < -0.39 is 12.3 Å². The molecule has 2 N–H and O–H groups in total. The number of hydrogen-bond acceptors (Lipinski definition) is 10. The van der Waals surface area contributed by atoms with Crippen molar-refractivity contribution in [3.8, 4) is 5.88 Å². The predicted molar refractivity (Wildman–Crippen MR) is 138 cm³/mol. The van der Waals surface area contributed by atoms with Crippen LogP contribution in [0.15, 0.2) is 24.7 Å². The number of carbonyl (C=O) groups excluding carboxylic acids is 2. The van der Waals surface area contributed by atoms with Gasteiger partial charge in [-0.2, -0.15) is 4.98 Å². The minimum atomic E-state index is -0.806. The SMILES string of the molecule is CCOc1cnc(NC(=O)N(C)C2CCCN(c3nccc(NC(=O)OCCN4CC[C@H](F)C4)n3)C2)cn1. The van der Waals surface area contributed by atoms with Crippen LogP contribution in [0.3, 0.4) is 0 Å². The molecule has 4 heterocycles. The van der Waals surface area contributed by atoms with Gasteiger partial charge in [-0.3, -0.25) is 15.5 Å². The van der Waals surface area contributed by atoms with Crippen LogP contribution >= 0.6 is 0 Å². The number of halogens is 1. The van der Waals surface area contributed by atoms with Crippen molar-refractivity contribution < 1.29 is 23.5 Å². The highest BCUT2D eigenvalue weighted by atomic mass is 19.1. The Morgan fingerprint density at radius 3 is 2.74 bits per heavy atom. The van der Waals surface area contributed by atoms with E-state index in [-0.39, 0.29) is 18.7 Å². The Hall–Kier alpha value is -3.81. The minimum absolute atomic E-state index is 0.0842. The van der Waals surface area contributed by atoms with E-state index >= 15 is 0 Å². The summed E-state index contributed by atoms with van der Waals surface area (Å²) in [6.07, 6.45) is 5.22. The number of likely N-dealkylation sites (N-methyl/N-ethyl adjacent to an activating group) is 1. The molecule has 13 nitrogen and oxygen atoms in total. The summed E-state index contributed by atoms with van der Waals surface area (Å²) in [6.45, 7) is 5.29. The van der Waals surface area contributed by atoms with Gasteiger partial charge in [-0.1, -0.05) is 0 Å². The molecule has 2 aromatic heterocycles. The Kier molecular flexibility index (Phi) is 9.40. The van der Waals surface area contributed by atoms with Gasteiger partial charge in [-0.15, -0.1) is 0 Å². The maximum Gasteiger partial charge on any atom is 0.412 e. The number of piperidine rings is 1. The summed E-state index contributed by atoms with van der Waals surface area (Å²) in [5.41, 5.74) is 0. The first-order valence-electron chi connectivity index (χ1n) is 12.8. The summed E-state index contributed by atoms with van der Waals surface area (Å²) in [7, 11) is 1.73. The predicted octanol–water partition coefficient (Wildman–Crippen LogP) is 2.39. The molecule has 38 heavy (non-hydrogen) atoms. The monoisotopic (exact) mass is 531 g/mol. The summed E-state index contributed by atoms with van der Waals surface area (Å²) in [6, 6.07) is 1.20. The van der Waals surface area contributed by atoms with E-state index in [4.69, 9.17) is 9.47 Å². The lowest BCUT2D eigenvalue weighted by Crippen LogP contribution is -2.50. The molecule has 2 atom stereocenters. The van der Waals surface area contributed by atoms with Crippen molar-refractivity contribution in [3.63, 3.8) is 0 Å². The van der Waals surface area contributed by atoms with Crippen molar-refractivity contribution in [1.82, 2.24) is 29.7 Å². The highest BCUT2D eigenvalue weighted by Crippen LogP contribution is 2.21. The number of likely N-dealkylation sites (tertiary alicyclic amines) is 1. The third-order valence-electron chi connectivity index (χ3n) is 6.43. The third kappa shape index (κ3) is 7.60. The van der Waals surface area contributed by atoms with E-state index in [1.807, 2.05) is 16.7 Å². The lowest BCUT2D eigenvalue weighted by atomic mass is 10.1. The summed E-state index contributed by atoms with van der Waals surface area (Å²) in [4.78, 5) is 47.6. The fourth-order valence-electron chi connectivity index (χ4n) is 4.39. The van der Waals surface area contributed by atoms with Crippen molar-refractivity contribution in [1.29, 1.82) is 0 Å². The lowest BCUT2D eigenvalue weighted by Gasteiger charge is -2.37. The van der Waals surface area contributed by atoms with Gasteiger partial charge in [0.05, 0.1) is 25.0 Å². The van der Waals surface area contributed by atoms with Crippen LogP contribution in [0.1, 0.15) is 26.2 Å². The zero-order valence-electron chi connectivity index (χ0n) is 21.7. The zero-order chi connectivity index (χ0) is 26.9. The van der Waals surface area contributed by atoms with Gasteiger partial charge < -0.3 is 19.3 Å². The molecule has 3 amide bonds. The van der Waals surface area contributed by atoms with Crippen molar-refractivity contribution in [2.75, 3.05) is 68.5 Å². The number of ether oxygens (including phenoxy) is 2. The average Bonchev–Trinajstić information content (AvgIpc) is 3.34. The second-order valence-corrected chi connectivity index (χ2v) is 9.15. The van der Waals surface area contributed by atoms with Crippen molar-refractivity contribution >= 4 is 29.7 Å². The van der Waals surface area contributed by atoms with Crippen LogP contribution in [0.2, 0.25) is 0 Å². The Morgan fingerprint density at radius 2 is 2.00 bits per heavy atom. The normalized spacial score (nSPS) is 19.6. The topological polar surface area (TPSA) is 138 Å². The van der Waals surface area contributed by atoms with E-state index in [1.165, 1.54) is 12.4 Å². The minimum Gasteiger partial charge on any atom is -0.477 e. The molecule has 2 fully saturated rings. The Bertz CT molecular complexity index is 1080. The fraction of sp³-hybridized carbons (Fsp3) is 0.583. The molecule has 0 bridgehead atoms. The maximum absolute atomic E-state index is 13.3. The van der Waals surface area contributed by atoms with E-state index in [1.54, 1.807) is 24.2 Å². The first-order valence-corrected chi connectivity index (χ1v) is 12.8. The third-order valence-corrected chi connectivity index (χ3v) is 6.43. The standard InChI is InChI=1S/C24H34FN9O4/c1-3-37-21-14-27-20(13-28-21)30-23(35)32(2)18-5-4-9-34(16-18)22-26-8-6-19(29-22)31-24(36)38-12-11-33-10-7-17(25)15-33/h6,8,13-14,17-18H,3-5,7,9-12,15-16H2,1-2H3,(H,27,30,35)(H,26,29,31,36)/t17-,18?/m0/s1. The van der Waals surface area contributed by atoms with Gasteiger partial charge in [0.15, 0.2) is 5.82 Å². The van der Waals surface area contributed by atoms with E-state index in [0.717, 1.165) is 19.4 Å². The van der Waals surface area contributed by atoms with Crippen LogP contribution in [0.25, 0.3) is 0 Å². The Balaban J connectivity index is 1.27. The van der Waals surface area contributed by atoms with E-state index in [0.29, 0.717) is 62.7 Å². The second-order valence-electron chi connectivity index (χ2n) is 9.15. The fourth-order valence-corrected chi connectivity index (χ4v) is 4.39. The molecule has 2 aliphatic rings. The smallest absolute Gasteiger partial charge is 0.412 e. The molecule has 206 valence electrons. The largest absolute Gasteiger partial charge is 0.477 e. The van der Waals surface area contributed by atoms with Crippen molar-refractivity contribution in [3.05, 3.63) is 24.7 Å². The summed E-state index contributed by atoms with van der Waals surface area (Å²) >= 11 is 0. The lowest BCUT2D eigenvalue weighted by molar-refractivity contribution is 0.144. The molecule has 4 rings (SSSR count). The van der Waals surface area contributed by atoms with Gasteiger partial charge >= 0.3 is 12.1 Å². The molecule has 0 aromatic carbocycles. The molecule has 0 radical (unpaired) electrons. The first kappa shape index (κ1) is 27.2. The first-order chi connectivity index (χ1) is 18.4. The average molecular weight is 532 g/mol. The van der Waals surface area contributed by atoms with Gasteiger partial charge in [0.2, 0.25) is 11.8 Å². The molecule has 0 aliphatic carbocycles. The molecule has 1 unspecified atom stereocenters. The number of nitrogens with zero attached hydrogens (tertiary/aromatic N) is 7. The number of urea groups is 1. The Labute approximate surface area is 220 Å². The van der Waals surface area contributed by atoms with Crippen molar-refractivity contribution in [2.45, 2.75) is 38.4 Å². The zero-order valence-corrected chi connectivity index (χ0v) is 21.7. The van der Waals surface area contributed by atoms with Gasteiger partial charge in [0, 0.05) is 46.0 Å². The molecule has 2 saturated heterocycles. The number of nitrogens with one attached hydrogen (secondary N) is 2. The number of rotatable bonds is 9. The highest BCUT2D eigenvalue weighted by molar-refractivity contribution is 5.88. The van der Waals surface area contributed by atoms with E-state index in [9.17, 15) is 14.0 Å². The number of carbonyl (C=O) groups is 2. The molecule has 0 spiro atoms. The van der Waals surface area contributed by atoms with Gasteiger partial charge in [-0.25, -0.2) is 28.9 Å². The number of amides is 3. The maximum atomic E-state index is 13.3. The number of anilines is 3. The van der Waals surface area contributed by atoms with Crippen LogP contribution in [0, 0.1) is 0 Å².